The molecule has 0 unspecified atom stereocenters. The Morgan fingerprint density at radius 2 is 1.25 bits per heavy atom. The molecule has 44 heavy (non-hydrogen) atoms. The molecule has 1 aliphatic heterocycles. The van der Waals surface area contributed by atoms with E-state index in [0.29, 0.717) is 5.56 Å². The van der Waals surface area contributed by atoms with Gasteiger partial charge in [0.2, 0.25) is 0 Å². The fourth-order valence-electron chi connectivity index (χ4n) is 7.27. The van der Waals surface area contributed by atoms with Crippen LogP contribution in [-0.4, -0.2) is 9.55 Å². The van der Waals surface area contributed by atoms with E-state index < -0.39 is 0 Å². The van der Waals surface area contributed by atoms with Gasteiger partial charge in [-0.05, 0) is 59.7 Å². The van der Waals surface area contributed by atoms with Crippen LogP contribution in [0, 0.1) is 11.3 Å². The van der Waals surface area contributed by atoms with Crippen molar-refractivity contribution in [3.05, 3.63) is 138 Å². The Morgan fingerprint density at radius 1 is 0.636 bits per heavy atom. The Morgan fingerprint density at radius 3 is 1.95 bits per heavy atom. The van der Waals surface area contributed by atoms with E-state index in [2.05, 4.69) is 119 Å². The van der Waals surface area contributed by atoms with Crippen LogP contribution in [0.1, 0.15) is 30.5 Å². The normalized spacial score (nSPS) is 13.8. The van der Waals surface area contributed by atoms with Gasteiger partial charge in [-0.1, -0.05) is 74.5 Å². The Hall–Kier alpha value is -5.86. The summed E-state index contributed by atoms with van der Waals surface area (Å²) >= 11 is 0. The quantitative estimate of drug-likeness (QED) is 0.209. The van der Waals surface area contributed by atoms with E-state index >= 15 is 0 Å². The summed E-state index contributed by atoms with van der Waals surface area (Å²) in [5.74, 6) is 0. The van der Waals surface area contributed by atoms with E-state index in [1.54, 1.807) is 0 Å². The summed E-state index contributed by atoms with van der Waals surface area (Å²) < 4.78 is 9.21. The molecule has 4 heterocycles. The second kappa shape index (κ2) is 8.82. The van der Waals surface area contributed by atoms with Gasteiger partial charge >= 0.3 is 0 Å². The number of pyridine rings is 1. The second-order valence-electron chi connectivity index (χ2n) is 12.0. The van der Waals surface area contributed by atoms with Gasteiger partial charge in [-0.25, -0.2) is 0 Å². The van der Waals surface area contributed by atoms with Crippen molar-refractivity contribution in [3.8, 4) is 11.8 Å². The van der Waals surface area contributed by atoms with Crippen LogP contribution in [0.5, 0.6) is 0 Å². The Kier molecular flexibility index (Phi) is 4.96. The molecular formula is C39H26N4O. The second-order valence-corrected chi connectivity index (χ2v) is 12.0. The van der Waals surface area contributed by atoms with E-state index in [1.807, 2.05) is 36.7 Å². The minimum atomic E-state index is -0.143. The minimum Gasteiger partial charge on any atom is -0.452 e. The topological polar surface area (TPSA) is 58.0 Å². The third kappa shape index (κ3) is 3.20. The zero-order chi connectivity index (χ0) is 29.6. The molecule has 1 aliphatic rings. The first-order chi connectivity index (χ1) is 21.6. The van der Waals surface area contributed by atoms with Gasteiger partial charge in [0.15, 0.2) is 11.2 Å². The van der Waals surface area contributed by atoms with Gasteiger partial charge < -0.3 is 13.9 Å². The van der Waals surface area contributed by atoms with E-state index in [1.165, 1.54) is 11.1 Å². The van der Waals surface area contributed by atoms with Crippen LogP contribution in [0.25, 0.3) is 49.4 Å². The van der Waals surface area contributed by atoms with Crippen LogP contribution < -0.4 is 4.90 Å². The van der Waals surface area contributed by atoms with Gasteiger partial charge in [0.1, 0.15) is 0 Å². The van der Waals surface area contributed by atoms with Gasteiger partial charge in [0.25, 0.3) is 0 Å². The molecule has 5 nitrogen and oxygen atoms in total. The molecule has 0 saturated carbocycles. The molecule has 3 aromatic heterocycles. The lowest BCUT2D eigenvalue weighted by Gasteiger charge is -2.41. The number of anilines is 3. The smallest absolute Gasteiger partial charge is 0.159 e. The zero-order valence-electron chi connectivity index (χ0n) is 24.2. The van der Waals surface area contributed by atoms with Crippen molar-refractivity contribution in [2.24, 2.45) is 0 Å². The fraction of sp³-hybridized carbons (Fsp3) is 0.0769. The van der Waals surface area contributed by atoms with E-state index in [4.69, 9.17) is 4.42 Å². The minimum absolute atomic E-state index is 0.143. The number of hydrogen-bond acceptors (Lipinski definition) is 4. The maximum Gasteiger partial charge on any atom is 0.159 e. The number of fused-ring (bicyclic) bond motifs is 8. The third-order valence-corrected chi connectivity index (χ3v) is 9.30. The Labute approximate surface area is 253 Å². The summed E-state index contributed by atoms with van der Waals surface area (Å²) in [5.41, 5.74) is 11.0. The molecule has 0 radical (unpaired) electrons. The number of aromatic nitrogens is 2. The summed E-state index contributed by atoms with van der Waals surface area (Å²) in [7, 11) is 0. The summed E-state index contributed by atoms with van der Waals surface area (Å²) in [6.07, 6.45) is 3.69. The van der Waals surface area contributed by atoms with Gasteiger partial charge in [-0.3, -0.25) is 4.98 Å². The molecule has 9 rings (SSSR count). The lowest BCUT2D eigenvalue weighted by atomic mass is 9.73. The van der Waals surface area contributed by atoms with Crippen molar-refractivity contribution in [1.29, 1.82) is 5.26 Å². The first kappa shape index (κ1) is 24.7. The molecule has 0 atom stereocenters. The fourth-order valence-corrected chi connectivity index (χ4v) is 7.27. The summed E-state index contributed by atoms with van der Waals surface area (Å²) in [6, 6.07) is 40.3. The summed E-state index contributed by atoms with van der Waals surface area (Å²) in [4.78, 5) is 6.76. The van der Waals surface area contributed by atoms with Crippen molar-refractivity contribution < 1.29 is 4.42 Å². The average molecular weight is 567 g/mol. The van der Waals surface area contributed by atoms with Crippen LogP contribution >= 0.6 is 0 Å². The summed E-state index contributed by atoms with van der Waals surface area (Å²) in [6.45, 7) is 4.60. The lowest BCUT2D eigenvalue weighted by Crippen LogP contribution is -2.30. The molecule has 0 amide bonds. The van der Waals surface area contributed by atoms with E-state index in [-0.39, 0.29) is 5.41 Å². The molecule has 0 fully saturated rings. The van der Waals surface area contributed by atoms with Gasteiger partial charge in [0, 0.05) is 39.4 Å². The van der Waals surface area contributed by atoms with Crippen LogP contribution in [0.3, 0.4) is 0 Å². The average Bonchev–Trinajstić information content (AvgIpc) is 3.61. The molecular weight excluding hydrogens is 540 g/mol. The maximum atomic E-state index is 9.61. The molecule has 5 heteroatoms. The van der Waals surface area contributed by atoms with Gasteiger partial charge in [-0.2, -0.15) is 5.26 Å². The number of nitriles is 1. The van der Waals surface area contributed by atoms with Crippen molar-refractivity contribution in [1.82, 2.24) is 9.55 Å². The highest BCUT2D eigenvalue weighted by Gasteiger charge is 2.37. The van der Waals surface area contributed by atoms with Crippen LogP contribution in [0.15, 0.2) is 126 Å². The monoisotopic (exact) mass is 566 g/mol. The SMILES string of the molecule is CC1(C)c2ccccc2N(c2cccc3c2oc2c(-n4c5ccncc5c5cc(C#N)ccc54)cccc23)c2ccccc21. The lowest BCUT2D eigenvalue weighted by molar-refractivity contribution is 0.630. The molecule has 0 bridgehead atoms. The maximum absolute atomic E-state index is 9.61. The largest absolute Gasteiger partial charge is 0.452 e. The number of rotatable bonds is 2. The Balaban J connectivity index is 1.35. The third-order valence-electron chi connectivity index (χ3n) is 9.30. The van der Waals surface area contributed by atoms with Gasteiger partial charge in [-0.15, -0.1) is 0 Å². The van der Waals surface area contributed by atoms with E-state index in [0.717, 1.165) is 66.5 Å². The number of nitrogens with zero attached hydrogens (tertiary/aromatic N) is 4. The standard InChI is InChI=1S/C39H26N4O/c1-39(2)29-11-3-5-13-33(29)43(34-14-6-4-12-30(34)39)36-16-8-10-26-25-9-7-15-35(37(25)44-38(26)36)42-31-18-17-24(22-40)21-27(31)28-23-41-20-19-32(28)42/h3-21,23H,1-2H3. The first-order valence-electron chi connectivity index (χ1n) is 14.8. The summed E-state index contributed by atoms with van der Waals surface area (Å²) in [5, 5.41) is 13.7. The number of hydrogen-bond donors (Lipinski definition) is 0. The van der Waals surface area contributed by atoms with Crippen molar-refractivity contribution in [2.75, 3.05) is 4.90 Å². The molecule has 208 valence electrons. The molecule has 8 aromatic rings. The number of benzene rings is 5. The highest BCUT2D eigenvalue weighted by molar-refractivity contribution is 6.15. The van der Waals surface area contributed by atoms with Crippen molar-refractivity contribution in [2.45, 2.75) is 19.3 Å². The first-order valence-corrected chi connectivity index (χ1v) is 14.8. The molecule has 0 saturated heterocycles. The van der Waals surface area contributed by atoms with Crippen molar-refractivity contribution in [3.63, 3.8) is 0 Å². The highest BCUT2D eigenvalue weighted by Crippen LogP contribution is 2.53. The molecule has 0 aliphatic carbocycles. The predicted molar refractivity (Wildman–Crippen MR) is 177 cm³/mol. The Bertz CT molecular complexity index is 2460. The molecule has 0 N–H and O–H groups in total. The van der Waals surface area contributed by atoms with Crippen LogP contribution in [0.2, 0.25) is 0 Å². The van der Waals surface area contributed by atoms with Crippen LogP contribution in [-0.2, 0) is 5.41 Å². The molecule has 0 spiro atoms. The predicted octanol–water partition coefficient (Wildman–Crippen LogP) is 10.1. The number of furan rings is 1. The van der Waals surface area contributed by atoms with Crippen LogP contribution in [0.4, 0.5) is 17.1 Å². The molecule has 5 aromatic carbocycles. The highest BCUT2D eigenvalue weighted by atomic mass is 16.3. The van der Waals surface area contributed by atoms with Crippen molar-refractivity contribution >= 4 is 60.8 Å². The van der Waals surface area contributed by atoms with Gasteiger partial charge in [0.05, 0.1) is 45.4 Å². The number of para-hydroxylation sites is 4. The zero-order valence-corrected chi connectivity index (χ0v) is 24.2. The van der Waals surface area contributed by atoms with E-state index in [9.17, 15) is 5.26 Å².